The summed E-state index contributed by atoms with van der Waals surface area (Å²) in [5.41, 5.74) is 2.62. The van der Waals surface area contributed by atoms with Crippen molar-refractivity contribution in [2.24, 2.45) is 0 Å². The van der Waals surface area contributed by atoms with Crippen LogP contribution in [0.25, 0.3) is 6.08 Å². The van der Waals surface area contributed by atoms with E-state index in [0.29, 0.717) is 16.5 Å². The Hall–Kier alpha value is -2.75. The van der Waals surface area contributed by atoms with E-state index in [-0.39, 0.29) is 5.57 Å². The fourth-order valence-electron chi connectivity index (χ4n) is 2.46. The summed E-state index contributed by atoms with van der Waals surface area (Å²) in [4.78, 5) is 13.6. The lowest BCUT2D eigenvalue weighted by Crippen LogP contribution is -2.14. The fourth-order valence-corrected chi connectivity index (χ4v) is 3.81. The summed E-state index contributed by atoms with van der Waals surface area (Å²) in [6, 6.07) is 19.3. The molecule has 1 aromatic heterocycles. The van der Waals surface area contributed by atoms with Crippen LogP contribution in [0.2, 0.25) is 0 Å². The Morgan fingerprint density at radius 3 is 2.64 bits per heavy atom. The number of halogens is 1. The Morgan fingerprint density at radius 2 is 1.93 bits per heavy atom. The molecule has 0 spiro atoms. The van der Waals surface area contributed by atoms with E-state index in [0.717, 1.165) is 20.5 Å². The summed E-state index contributed by atoms with van der Waals surface area (Å²) < 4.78 is 6.57. The SMILES string of the molecule is Cc1ccc(C)c(NC(=O)/C(C#N)=C\c2cc(Br)c(Sc3ccccc3)o2)c1. The van der Waals surface area contributed by atoms with Crippen LogP contribution in [0.3, 0.4) is 0 Å². The largest absolute Gasteiger partial charge is 0.449 e. The van der Waals surface area contributed by atoms with Crippen LogP contribution in [0.15, 0.2) is 79.0 Å². The van der Waals surface area contributed by atoms with E-state index in [1.54, 1.807) is 6.07 Å². The number of anilines is 1. The molecule has 6 heteroatoms. The average molecular weight is 453 g/mol. The molecule has 0 saturated carbocycles. The molecule has 1 amide bonds. The monoisotopic (exact) mass is 452 g/mol. The minimum atomic E-state index is -0.471. The van der Waals surface area contributed by atoms with Gasteiger partial charge < -0.3 is 9.73 Å². The van der Waals surface area contributed by atoms with Crippen molar-refractivity contribution in [3.63, 3.8) is 0 Å². The molecule has 3 aromatic rings. The lowest BCUT2D eigenvalue weighted by atomic mass is 10.1. The van der Waals surface area contributed by atoms with Gasteiger partial charge >= 0.3 is 0 Å². The molecule has 0 fully saturated rings. The number of furan rings is 1. The van der Waals surface area contributed by atoms with E-state index in [4.69, 9.17) is 4.42 Å². The Morgan fingerprint density at radius 1 is 1.18 bits per heavy atom. The van der Waals surface area contributed by atoms with Gasteiger partial charge in [-0.25, -0.2) is 0 Å². The van der Waals surface area contributed by atoms with Crippen LogP contribution >= 0.6 is 27.7 Å². The van der Waals surface area contributed by atoms with Gasteiger partial charge in [0.15, 0.2) is 5.09 Å². The van der Waals surface area contributed by atoms with Crippen molar-refractivity contribution in [1.82, 2.24) is 0 Å². The second-order valence-electron chi connectivity index (χ2n) is 6.14. The Labute approximate surface area is 176 Å². The Balaban J connectivity index is 1.80. The number of carbonyl (C=O) groups is 1. The summed E-state index contributed by atoms with van der Waals surface area (Å²) >= 11 is 4.93. The van der Waals surface area contributed by atoms with Gasteiger partial charge in [-0.2, -0.15) is 5.26 Å². The molecule has 2 aromatic carbocycles. The summed E-state index contributed by atoms with van der Waals surface area (Å²) in [6.45, 7) is 3.85. The van der Waals surface area contributed by atoms with Crippen molar-refractivity contribution in [3.05, 3.63) is 81.5 Å². The molecule has 0 aliphatic rings. The third-order valence-electron chi connectivity index (χ3n) is 3.92. The van der Waals surface area contributed by atoms with E-state index >= 15 is 0 Å². The molecule has 28 heavy (non-hydrogen) atoms. The second kappa shape index (κ2) is 8.96. The van der Waals surface area contributed by atoms with Gasteiger partial charge in [0.05, 0.1) is 4.47 Å². The van der Waals surface area contributed by atoms with Gasteiger partial charge in [0.1, 0.15) is 17.4 Å². The van der Waals surface area contributed by atoms with Gasteiger partial charge in [-0.1, -0.05) is 42.1 Å². The van der Waals surface area contributed by atoms with Gasteiger partial charge in [0.25, 0.3) is 5.91 Å². The molecule has 0 aliphatic carbocycles. The molecule has 0 unspecified atom stereocenters. The summed E-state index contributed by atoms with van der Waals surface area (Å²) in [7, 11) is 0. The van der Waals surface area contributed by atoms with Crippen LogP contribution in [-0.2, 0) is 4.79 Å². The maximum Gasteiger partial charge on any atom is 0.266 e. The zero-order valence-corrected chi connectivity index (χ0v) is 17.7. The molecule has 0 saturated heterocycles. The number of rotatable bonds is 5. The summed E-state index contributed by atoms with van der Waals surface area (Å²) in [5.74, 6) is -0.0426. The topological polar surface area (TPSA) is 66.0 Å². The Kier molecular flexibility index (Phi) is 6.40. The summed E-state index contributed by atoms with van der Waals surface area (Å²) in [6.07, 6.45) is 1.44. The molecule has 1 heterocycles. The van der Waals surface area contributed by atoms with Crippen molar-refractivity contribution >= 4 is 45.4 Å². The van der Waals surface area contributed by atoms with Gasteiger partial charge in [-0.3, -0.25) is 4.79 Å². The molecule has 0 bridgehead atoms. The molecule has 0 aliphatic heterocycles. The van der Waals surface area contributed by atoms with Crippen molar-refractivity contribution in [3.8, 4) is 6.07 Å². The highest BCUT2D eigenvalue weighted by Gasteiger charge is 2.14. The smallest absolute Gasteiger partial charge is 0.266 e. The molecule has 1 N–H and O–H groups in total. The minimum Gasteiger partial charge on any atom is -0.449 e. The average Bonchev–Trinajstić information content (AvgIpc) is 3.02. The van der Waals surface area contributed by atoms with Crippen LogP contribution in [-0.4, -0.2) is 5.91 Å². The van der Waals surface area contributed by atoms with Crippen LogP contribution in [0.4, 0.5) is 5.69 Å². The van der Waals surface area contributed by atoms with Gasteiger partial charge in [0.2, 0.25) is 0 Å². The first-order valence-corrected chi connectivity index (χ1v) is 10.1. The van der Waals surface area contributed by atoms with Crippen LogP contribution in [0.1, 0.15) is 16.9 Å². The fraction of sp³-hybridized carbons (Fsp3) is 0.0909. The zero-order chi connectivity index (χ0) is 20.1. The van der Waals surface area contributed by atoms with Crippen molar-refractivity contribution < 1.29 is 9.21 Å². The van der Waals surface area contributed by atoms with Crippen LogP contribution < -0.4 is 5.32 Å². The lowest BCUT2D eigenvalue weighted by molar-refractivity contribution is -0.112. The minimum absolute atomic E-state index is 0.0292. The van der Waals surface area contributed by atoms with Crippen LogP contribution in [0.5, 0.6) is 0 Å². The number of amides is 1. The highest BCUT2D eigenvalue weighted by Crippen LogP contribution is 2.36. The maximum absolute atomic E-state index is 12.5. The van der Waals surface area contributed by atoms with Crippen molar-refractivity contribution in [2.45, 2.75) is 23.8 Å². The number of hydrogen-bond acceptors (Lipinski definition) is 4. The number of nitrogens with one attached hydrogen (secondary N) is 1. The second-order valence-corrected chi connectivity index (χ2v) is 8.04. The van der Waals surface area contributed by atoms with E-state index in [1.165, 1.54) is 17.8 Å². The number of hydrogen-bond donors (Lipinski definition) is 1. The summed E-state index contributed by atoms with van der Waals surface area (Å²) in [5, 5.41) is 12.9. The number of nitrogens with zero attached hydrogens (tertiary/aromatic N) is 1. The first-order valence-electron chi connectivity index (χ1n) is 8.49. The molecular formula is C22H17BrN2O2S. The van der Waals surface area contributed by atoms with Gasteiger partial charge in [0, 0.05) is 16.7 Å². The first-order chi connectivity index (χ1) is 13.5. The Bertz CT molecular complexity index is 1080. The number of nitriles is 1. The normalized spacial score (nSPS) is 11.1. The number of carbonyl (C=O) groups excluding carboxylic acids is 1. The van der Waals surface area contributed by atoms with Crippen LogP contribution in [0, 0.1) is 25.2 Å². The van der Waals surface area contributed by atoms with Crippen molar-refractivity contribution in [1.29, 1.82) is 5.26 Å². The molecule has 3 rings (SSSR count). The molecule has 140 valence electrons. The lowest BCUT2D eigenvalue weighted by Gasteiger charge is -2.08. The van der Waals surface area contributed by atoms with E-state index in [2.05, 4.69) is 21.2 Å². The highest BCUT2D eigenvalue weighted by molar-refractivity contribution is 9.10. The first kappa shape index (κ1) is 20.0. The predicted octanol–water partition coefficient (Wildman–Crippen LogP) is 6.36. The quantitative estimate of drug-likeness (QED) is 0.361. The maximum atomic E-state index is 12.5. The third kappa shape index (κ3) is 4.94. The molecule has 4 nitrogen and oxygen atoms in total. The number of aryl methyl sites for hydroxylation is 2. The molecular weight excluding hydrogens is 436 g/mol. The molecule has 0 atom stereocenters. The van der Waals surface area contributed by atoms with E-state index in [1.807, 2.05) is 68.4 Å². The number of benzene rings is 2. The molecule has 0 radical (unpaired) electrons. The highest BCUT2D eigenvalue weighted by atomic mass is 79.9. The zero-order valence-electron chi connectivity index (χ0n) is 15.3. The van der Waals surface area contributed by atoms with Gasteiger partial charge in [-0.15, -0.1) is 0 Å². The predicted molar refractivity (Wildman–Crippen MR) is 115 cm³/mol. The van der Waals surface area contributed by atoms with Gasteiger partial charge in [-0.05, 0) is 65.2 Å². The van der Waals surface area contributed by atoms with E-state index < -0.39 is 5.91 Å². The standard InChI is InChI=1S/C22H17BrN2O2S/c1-14-8-9-15(2)20(10-14)25-21(26)16(13-24)11-17-12-19(23)22(27-17)28-18-6-4-3-5-7-18/h3-12H,1-2H3,(H,25,26)/b16-11-. The van der Waals surface area contributed by atoms with Crippen molar-refractivity contribution in [2.75, 3.05) is 5.32 Å². The van der Waals surface area contributed by atoms with E-state index in [9.17, 15) is 10.1 Å². The third-order valence-corrected chi connectivity index (χ3v) is 5.77.